The summed E-state index contributed by atoms with van der Waals surface area (Å²) in [7, 11) is 10.5. The molecular formula is C97H71N5O5. The average Bonchev–Trinajstić information content (AvgIpc) is 0.763. The first-order valence-corrected chi connectivity index (χ1v) is 36.1. The predicted octanol–water partition coefficient (Wildman–Crippen LogP) is 27.0. The number of fused-ring (bicyclic) bond motifs is 23. The Morgan fingerprint density at radius 2 is 0.402 bits per heavy atom. The molecule has 5 heterocycles. The second-order valence-corrected chi connectivity index (χ2v) is 27.4. The van der Waals surface area contributed by atoms with Crippen molar-refractivity contribution in [3.05, 3.63) is 340 Å². The zero-order chi connectivity index (χ0) is 71.8. The van der Waals surface area contributed by atoms with E-state index in [9.17, 15) is 0 Å². The quantitative estimate of drug-likeness (QED) is 0.147. The van der Waals surface area contributed by atoms with Gasteiger partial charge in [0.2, 0.25) is 0 Å². The van der Waals surface area contributed by atoms with E-state index in [0.717, 1.165) is 131 Å². The number of hydrogen-bond donors (Lipinski definition) is 0. The largest absolute Gasteiger partial charge is 0.453 e. The van der Waals surface area contributed by atoms with Crippen molar-refractivity contribution in [2.24, 2.45) is 0 Å². The summed E-state index contributed by atoms with van der Waals surface area (Å²) in [6.07, 6.45) is 0. The van der Waals surface area contributed by atoms with Crippen LogP contribution in [0.1, 0.15) is 0 Å². The Labute approximate surface area is 620 Å². The zero-order valence-electron chi connectivity index (χ0n) is 59.6. The van der Waals surface area contributed by atoms with Crippen LogP contribution in [0.15, 0.2) is 340 Å². The average molecular weight is 1390 g/mol. The summed E-state index contributed by atoms with van der Waals surface area (Å²) in [6, 6.07) is 117. The number of hydrogen-bond acceptors (Lipinski definition) is 10. The van der Waals surface area contributed by atoms with Crippen molar-refractivity contribution in [1.29, 1.82) is 0 Å². The lowest BCUT2D eigenvalue weighted by molar-refractivity contribution is 0.476. The zero-order valence-corrected chi connectivity index (χ0v) is 59.6. The van der Waals surface area contributed by atoms with Crippen LogP contribution in [0.3, 0.4) is 0 Å². The van der Waals surface area contributed by atoms with Gasteiger partial charge in [0.15, 0.2) is 57.5 Å². The molecule has 0 saturated heterocycles. The van der Waals surface area contributed by atoms with Gasteiger partial charge in [0.25, 0.3) is 0 Å². The van der Waals surface area contributed by atoms with E-state index >= 15 is 0 Å². The van der Waals surface area contributed by atoms with Crippen LogP contribution in [-0.4, -0.2) is 35.2 Å². The van der Waals surface area contributed by atoms with Gasteiger partial charge in [0, 0.05) is 62.2 Å². The highest BCUT2D eigenvalue weighted by molar-refractivity contribution is 6.07. The van der Waals surface area contributed by atoms with Crippen LogP contribution in [0, 0.1) is 0 Å². The van der Waals surface area contributed by atoms with Gasteiger partial charge in [-0.05, 0) is 150 Å². The van der Waals surface area contributed by atoms with Crippen LogP contribution in [0.25, 0.3) is 86.2 Å². The molecule has 10 nitrogen and oxygen atoms in total. The molecule has 23 rings (SSSR count). The maximum absolute atomic E-state index is 6.33. The summed E-state index contributed by atoms with van der Waals surface area (Å²) < 4.78 is 31.0. The second-order valence-electron chi connectivity index (χ2n) is 27.4. The number of anilines is 10. The SMILES string of the molecule is CN1c2cc3ccccc3cc2Oc2c1ccc1ccccc21.CN1c2cc3ccccc3cc2Oc2ccc3ccccc3c21.CN1c2ccc3ccccc3c2Oc2ccc3ccccc3c21.CN1c2ccccc2Oc2c1ccc1ccccc21.CN1c2ccccc2Oc2cc3ccccc3cc21. The van der Waals surface area contributed by atoms with E-state index in [4.69, 9.17) is 23.7 Å². The summed E-state index contributed by atoms with van der Waals surface area (Å²) >= 11 is 0. The third-order valence-corrected chi connectivity index (χ3v) is 21.2. The van der Waals surface area contributed by atoms with Crippen LogP contribution in [0.4, 0.5) is 56.9 Å². The highest BCUT2D eigenvalue weighted by Crippen LogP contribution is 2.55. The van der Waals surface area contributed by atoms with Crippen molar-refractivity contribution in [2.45, 2.75) is 0 Å². The fourth-order valence-corrected chi connectivity index (χ4v) is 15.6. The first-order chi connectivity index (χ1) is 52.6. The molecular weight excluding hydrogens is 1320 g/mol. The molecule has 18 aromatic rings. The molecule has 0 aliphatic carbocycles. The first-order valence-electron chi connectivity index (χ1n) is 36.1. The van der Waals surface area contributed by atoms with E-state index in [1.807, 2.05) is 42.5 Å². The Kier molecular flexibility index (Phi) is 15.8. The molecule has 0 atom stereocenters. The Morgan fingerprint density at radius 1 is 0.159 bits per heavy atom. The van der Waals surface area contributed by atoms with Gasteiger partial charge in [-0.3, -0.25) is 0 Å². The summed E-state index contributed by atoms with van der Waals surface area (Å²) in [5.74, 6) is 9.20. The van der Waals surface area contributed by atoms with Crippen molar-refractivity contribution >= 4 is 143 Å². The molecule has 0 radical (unpaired) electrons. The van der Waals surface area contributed by atoms with E-state index in [1.165, 1.54) is 70.0 Å². The highest BCUT2D eigenvalue weighted by Gasteiger charge is 2.30. The maximum atomic E-state index is 6.33. The van der Waals surface area contributed by atoms with Gasteiger partial charge in [-0.1, -0.05) is 249 Å². The lowest BCUT2D eigenvalue weighted by Crippen LogP contribution is -2.16. The predicted molar refractivity (Wildman–Crippen MR) is 445 cm³/mol. The summed E-state index contributed by atoms with van der Waals surface area (Å²) in [6.45, 7) is 0. The Balaban J connectivity index is 0.0000000915. The summed E-state index contributed by atoms with van der Waals surface area (Å²) in [4.78, 5) is 11.1. The number of nitrogens with zero attached hydrogens (tertiary/aromatic N) is 5. The smallest absolute Gasteiger partial charge is 0.158 e. The van der Waals surface area contributed by atoms with Crippen molar-refractivity contribution in [2.75, 3.05) is 59.7 Å². The Hall–Kier alpha value is -14.0. The molecule has 0 amide bonds. The lowest BCUT2D eigenvalue weighted by atomic mass is 10.0. The van der Waals surface area contributed by atoms with Crippen LogP contribution in [0.2, 0.25) is 0 Å². The van der Waals surface area contributed by atoms with Crippen LogP contribution in [0.5, 0.6) is 57.5 Å². The van der Waals surface area contributed by atoms with Crippen molar-refractivity contribution < 1.29 is 23.7 Å². The van der Waals surface area contributed by atoms with Crippen LogP contribution >= 0.6 is 0 Å². The molecule has 18 aromatic carbocycles. The minimum Gasteiger partial charge on any atom is -0.453 e. The molecule has 0 spiro atoms. The fraction of sp³-hybridized carbons (Fsp3) is 0.0515. The minimum absolute atomic E-state index is 0.910. The van der Waals surface area contributed by atoms with Crippen LogP contribution < -0.4 is 48.2 Å². The van der Waals surface area contributed by atoms with Gasteiger partial charge in [0.05, 0.1) is 56.9 Å². The number of benzene rings is 18. The topological polar surface area (TPSA) is 62.3 Å². The van der Waals surface area contributed by atoms with Crippen molar-refractivity contribution in [3.63, 3.8) is 0 Å². The highest BCUT2D eigenvalue weighted by atomic mass is 16.5. The lowest BCUT2D eigenvalue weighted by Gasteiger charge is -2.31. The van der Waals surface area contributed by atoms with E-state index < -0.39 is 0 Å². The number of para-hydroxylation sites is 4. The Morgan fingerprint density at radius 3 is 0.822 bits per heavy atom. The molecule has 0 aromatic heterocycles. The third-order valence-electron chi connectivity index (χ3n) is 21.2. The third kappa shape index (κ3) is 11.3. The van der Waals surface area contributed by atoms with Gasteiger partial charge < -0.3 is 48.2 Å². The van der Waals surface area contributed by atoms with Gasteiger partial charge in [-0.2, -0.15) is 0 Å². The van der Waals surface area contributed by atoms with Gasteiger partial charge in [0.1, 0.15) is 0 Å². The molecule has 0 fully saturated rings. The molecule has 0 unspecified atom stereocenters. The van der Waals surface area contributed by atoms with E-state index in [1.54, 1.807) is 0 Å². The normalized spacial score (nSPS) is 12.8. The molecule has 514 valence electrons. The Bertz CT molecular complexity index is 6460. The molecule has 5 aliphatic heterocycles. The van der Waals surface area contributed by atoms with E-state index in [0.29, 0.717) is 0 Å². The van der Waals surface area contributed by atoms with Crippen molar-refractivity contribution in [1.82, 2.24) is 0 Å². The second kappa shape index (κ2) is 26.4. The van der Waals surface area contributed by atoms with E-state index in [2.05, 4.69) is 357 Å². The molecule has 5 aliphatic rings. The first kappa shape index (κ1) is 63.9. The van der Waals surface area contributed by atoms with Gasteiger partial charge in [-0.15, -0.1) is 0 Å². The van der Waals surface area contributed by atoms with E-state index in [-0.39, 0.29) is 0 Å². The molecule has 0 saturated carbocycles. The molecule has 0 bridgehead atoms. The minimum atomic E-state index is 0.910. The van der Waals surface area contributed by atoms with Gasteiger partial charge in [-0.25, -0.2) is 0 Å². The summed E-state index contributed by atoms with van der Waals surface area (Å²) in [5.41, 5.74) is 11.1. The van der Waals surface area contributed by atoms with Crippen LogP contribution in [-0.2, 0) is 0 Å². The maximum Gasteiger partial charge on any atom is 0.158 e. The molecule has 107 heavy (non-hydrogen) atoms. The monoisotopic (exact) mass is 1390 g/mol. The van der Waals surface area contributed by atoms with Crippen molar-refractivity contribution in [3.8, 4) is 57.5 Å². The summed E-state index contributed by atoms with van der Waals surface area (Å²) in [5, 5.41) is 19.2. The standard InChI is InChI=1S/3C21H15NO.2C17H13NO/c1-22-18-12-10-15-7-3-5-9-17(15)21(18)23-19-13-11-14-6-2-4-8-16(14)20(19)22;1-22-18-12-15-7-2-3-8-16(15)13-20(18)23-19-11-10-14-6-4-5-9-17(14)21(19)22;1-22-18-11-10-14-6-4-5-9-17(14)21(18)23-20-13-16-8-3-2-7-15(16)12-19(20)22;1-18-14-8-4-5-9-16(14)19-17-11-13-7-3-2-6-12(13)10-15(17)18;1-18-14-8-4-5-9-16(14)19-17-13-7-3-2-6-12(13)10-11-15(17)18/h3*2-13H,1H3;2*2-11H,1H3. The number of ether oxygens (including phenoxy) is 5. The molecule has 10 heteroatoms. The molecule has 0 N–H and O–H groups in total. The fourth-order valence-electron chi connectivity index (χ4n) is 15.6. The number of rotatable bonds is 0. The van der Waals surface area contributed by atoms with Gasteiger partial charge >= 0.3 is 0 Å².